The molecule has 2 aromatic rings. The zero-order valence-corrected chi connectivity index (χ0v) is 14.3. The Morgan fingerprint density at radius 2 is 2.00 bits per heavy atom. The molecule has 0 aliphatic heterocycles. The summed E-state index contributed by atoms with van der Waals surface area (Å²) < 4.78 is 28.6. The predicted molar refractivity (Wildman–Crippen MR) is 88.3 cm³/mol. The summed E-state index contributed by atoms with van der Waals surface area (Å²) in [7, 11) is -2.74. The fourth-order valence-electron chi connectivity index (χ4n) is 2.11. The van der Waals surface area contributed by atoms with Gasteiger partial charge < -0.3 is 10.5 Å². The van der Waals surface area contributed by atoms with Crippen molar-refractivity contribution >= 4 is 33.1 Å². The second-order valence-corrected chi connectivity index (χ2v) is 7.12. The highest BCUT2D eigenvalue weighted by Gasteiger charge is 2.28. The smallest absolute Gasteiger partial charge is 0.342 e. The summed E-state index contributed by atoms with van der Waals surface area (Å²) >= 11 is 6.12. The van der Waals surface area contributed by atoms with Gasteiger partial charge in [0.25, 0.3) is 0 Å². The number of pyridine rings is 1. The highest BCUT2D eigenvalue weighted by molar-refractivity contribution is 7.90. The third-order valence-corrected chi connectivity index (χ3v) is 4.51. The lowest BCUT2D eigenvalue weighted by molar-refractivity contribution is 0.0602. The van der Waals surface area contributed by atoms with Crippen LogP contribution in [0.15, 0.2) is 29.3 Å². The van der Waals surface area contributed by atoms with Crippen LogP contribution < -0.4 is 5.73 Å². The molecule has 0 amide bonds. The fourth-order valence-corrected chi connectivity index (χ4v) is 3.12. The molecule has 0 spiro atoms. The number of carbonyl (C=O) groups excluding carboxylic acids is 1. The van der Waals surface area contributed by atoms with Gasteiger partial charge in [-0.2, -0.15) is 5.26 Å². The highest BCUT2D eigenvalue weighted by atomic mass is 35.5. The standard InChI is InChI=1S/C15H12ClN3O4S/c1-23-15(20)11-12(18)9(7-17)14(24(2,21)22)19-13(11)8-5-3-4-6-10(8)16/h3-6H,1-2H3,(H2,18,19). The third-order valence-electron chi connectivity index (χ3n) is 3.18. The lowest BCUT2D eigenvalue weighted by atomic mass is 10.0. The number of benzene rings is 1. The minimum absolute atomic E-state index is 0.0654. The Balaban J connectivity index is 3.03. The van der Waals surface area contributed by atoms with Gasteiger partial charge in [-0.15, -0.1) is 0 Å². The lowest BCUT2D eigenvalue weighted by Gasteiger charge is -2.14. The Kier molecular flexibility index (Phi) is 4.78. The van der Waals surface area contributed by atoms with E-state index in [-0.39, 0.29) is 22.0 Å². The lowest BCUT2D eigenvalue weighted by Crippen LogP contribution is -2.15. The Bertz CT molecular complexity index is 981. The number of hydrogen-bond donors (Lipinski definition) is 1. The first-order valence-electron chi connectivity index (χ1n) is 6.49. The molecule has 9 heteroatoms. The van der Waals surface area contributed by atoms with Crippen LogP contribution in [-0.2, 0) is 14.6 Å². The van der Waals surface area contributed by atoms with Crippen molar-refractivity contribution in [3.05, 3.63) is 40.4 Å². The first-order valence-corrected chi connectivity index (χ1v) is 8.76. The van der Waals surface area contributed by atoms with Crippen LogP contribution in [-0.4, -0.2) is 32.7 Å². The molecule has 124 valence electrons. The van der Waals surface area contributed by atoms with E-state index in [0.29, 0.717) is 5.56 Å². The van der Waals surface area contributed by atoms with Crippen molar-refractivity contribution in [3.63, 3.8) is 0 Å². The number of ether oxygens (including phenoxy) is 1. The van der Waals surface area contributed by atoms with Crippen molar-refractivity contribution in [1.82, 2.24) is 4.98 Å². The molecule has 0 aliphatic carbocycles. The molecule has 0 fully saturated rings. The number of rotatable bonds is 3. The number of nitrogens with two attached hydrogens (primary N) is 1. The van der Waals surface area contributed by atoms with E-state index in [9.17, 15) is 18.5 Å². The largest absolute Gasteiger partial charge is 0.465 e. The summed E-state index contributed by atoms with van der Waals surface area (Å²) in [6.45, 7) is 0. The summed E-state index contributed by atoms with van der Waals surface area (Å²) in [5.41, 5.74) is 5.17. The van der Waals surface area contributed by atoms with Gasteiger partial charge in [-0.1, -0.05) is 29.8 Å². The van der Waals surface area contributed by atoms with Crippen LogP contribution in [0.1, 0.15) is 15.9 Å². The molecule has 1 heterocycles. The van der Waals surface area contributed by atoms with Crippen molar-refractivity contribution < 1.29 is 17.9 Å². The average molecular weight is 366 g/mol. The second-order valence-electron chi connectivity index (χ2n) is 4.78. The molecule has 1 aromatic carbocycles. The zero-order chi connectivity index (χ0) is 18.1. The summed E-state index contributed by atoms with van der Waals surface area (Å²) in [5, 5.41) is 8.96. The van der Waals surface area contributed by atoms with Crippen LogP contribution in [0.3, 0.4) is 0 Å². The Hall–Kier alpha value is -2.63. The van der Waals surface area contributed by atoms with E-state index in [4.69, 9.17) is 17.3 Å². The molecule has 1 aromatic heterocycles. The minimum atomic E-state index is -3.87. The number of halogens is 1. The maximum Gasteiger partial charge on any atom is 0.342 e. The molecular weight excluding hydrogens is 354 g/mol. The van der Waals surface area contributed by atoms with E-state index in [1.54, 1.807) is 30.3 Å². The van der Waals surface area contributed by atoms with E-state index in [0.717, 1.165) is 13.4 Å². The molecule has 24 heavy (non-hydrogen) atoms. The number of aromatic nitrogens is 1. The SMILES string of the molecule is COC(=O)c1c(-c2ccccc2Cl)nc(S(C)(=O)=O)c(C#N)c1N. The van der Waals surface area contributed by atoms with Crippen LogP contribution >= 0.6 is 11.6 Å². The summed E-state index contributed by atoms with van der Waals surface area (Å²) in [4.78, 5) is 16.1. The van der Waals surface area contributed by atoms with E-state index in [1.807, 2.05) is 0 Å². The van der Waals surface area contributed by atoms with Gasteiger partial charge >= 0.3 is 5.97 Å². The number of anilines is 1. The van der Waals surface area contributed by atoms with Gasteiger partial charge in [0.2, 0.25) is 0 Å². The van der Waals surface area contributed by atoms with Crippen molar-refractivity contribution in [2.75, 3.05) is 19.1 Å². The zero-order valence-electron chi connectivity index (χ0n) is 12.7. The maximum absolute atomic E-state index is 12.1. The number of sulfone groups is 1. The number of methoxy groups -OCH3 is 1. The van der Waals surface area contributed by atoms with Crippen molar-refractivity contribution in [2.45, 2.75) is 5.03 Å². The molecule has 7 nitrogen and oxygen atoms in total. The average Bonchev–Trinajstić information content (AvgIpc) is 2.53. The molecule has 0 bridgehead atoms. The molecule has 2 rings (SSSR count). The third kappa shape index (κ3) is 3.04. The van der Waals surface area contributed by atoms with Gasteiger partial charge in [0, 0.05) is 16.8 Å². The summed E-state index contributed by atoms with van der Waals surface area (Å²) in [5.74, 6) is -0.855. The van der Waals surface area contributed by atoms with Gasteiger partial charge in [-0.3, -0.25) is 0 Å². The number of esters is 1. The van der Waals surface area contributed by atoms with Gasteiger partial charge in [-0.25, -0.2) is 18.2 Å². The Labute approximate surface area is 143 Å². The van der Waals surface area contributed by atoms with E-state index >= 15 is 0 Å². The van der Waals surface area contributed by atoms with Gasteiger partial charge in [0.1, 0.15) is 17.2 Å². The van der Waals surface area contributed by atoms with E-state index in [2.05, 4.69) is 9.72 Å². The number of nitriles is 1. The topological polar surface area (TPSA) is 123 Å². The molecule has 0 saturated carbocycles. The van der Waals surface area contributed by atoms with Gasteiger partial charge in [0.15, 0.2) is 14.9 Å². The monoisotopic (exact) mass is 365 g/mol. The summed E-state index contributed by atoms with van der Waals surface area (Å²) in [6.07, 6.45) is 0.893. The van der Waals surface area contributed by atoms with Crippen LogP contribution in [0.4, 0.5) is 5.69 Å². The normalized spacial score (nSPS) is 10.9. The maximum atomic E-state index is 12.1. The van der Waals surface area contributed by atoms with Crippen LogP contribution in [0.25, 0.3) is 11.3 Å². The second kappa shape index (κ2) is 6.47. The van der Waals surface area contributed by atoms with Crippen LogP contribution in [0.5, 0.6) is 0 Å². The molecule has 0 radical (unpaired) electrons. The van der Waals surface area contributed by atoms with Crippen molar-refractivity contribution in [2.24, 2.45) is 0 Å². The fraction of sp³-hybridized carbons (Fsp3) is 0.133. The molecule has 2 N–H and O–H groups in total. The first-order chi connectivity index (χ1) is 11.2. The molecule has 0 unspecified atom stereocenters. The Morgan fingerprint density at radius 3 is 2.50 bits per heavy atom. The molecule has 0 saturated heterocycles. The quantitative estimate of drug-likeness (QED) is 0.825. The van der Waals surface area contributed by atoms with Crippen LogP contribution in [0.2, 0.25) is 5.02 Å². The highest BCUT2D eigenvalue weighted by Crippen LogP contribution is 2.35. The number of nitrogens with zero attached hydrogens (tertiary/aromatic N) is 2. The first kappa shape index (κ1) is 17.7. The molecule has 0 atom stereocenters. The predicted octanol–water partition coefficient (Wildman–Crippen LogP) is 2.05. The Morgan fingerprint density at radius 1 is 1.38 bits per heavy atom. The van der Waals surface area contributed by atoms with Gasteiger partial charge in [-0.05, 0) is 6.07 Å². The van der Waals surface area contributed by atoms with Crippen molar-refractivity contribution in [1.29, 1.82) is 5.26 Å². The number of carbonyl (C=O) groups is 1. The number of nitrogen functional groups attached to an aromatic ring is 1. The molecular formula is C15H12ClN3O4S. The van der Waals surface area contributed by atoms with E-state index in [1.165, 1.54) is 0 Å². The number of hydrogen-bond acceptors (Lipinski definition) is 7. The van der Waals surface area contributed by atoms with Crippen molar-refractivity contribution in [3.8, 4) is 17.3 Å². The van der Waals surface area contributed by atoms with Gasteiger partial charge in [0.05, 0.1) is 18.5 Å². The summed E-state index contributed by atoms with van der Waals surface area (Å²) in [6, 6.07) is 8.07. The molecule has 0 aliphatic rings. The van der Waals surface area contributed by atoms with E-state index < -0.39 is 26.4 Å². The van der Waals surface area contributed by atoms with Crippen LogP contribution in [0, 0.1) is 11.3 Å². The minimum Gasteiger partial charge on any atom is -0.465 e.